The highest BCUT2D eigenvalue weighted by Crippen LogP contribution is 2.20. The van der Waals surface area contributed by atoms with Gasteiger partial charge in [0.1, 0.15) is 11.6 Å². The predicted molar refractivity (Wildman–Crippen MR) is 122 cm³/mol. The van der Waals surface area contributed by atoms with Crippen molar-refractivity contribution in [2.75, 3.05) is 51.4 Å². The Balaban J connectivity index is 1.61. The van der Waals surface area contributed by atoms with E-state index in [-0.39, 0.29) is 0 Å². The van der Waals surface area contributed by atoms with Crippen molar-refractivity contribution in [3.8, 4) is 5.75 Å². The summed E-state index contributed by atoms with van der Waals surface area (Å²) < 4.78 is 10.9. The largest absolute Gasteiger partial charge is 0.496 e. The lowest BCUT2D eigenvalue weighted by Crippen LogP contribution is -2.38. The van der Waals surface area contributed by atoms with Gasteiger partial charge in [0.05, 0.1) is 26.9 Å². The van der Waals surface area contributed by atoms with Gasteiger partial charge in [0.15, 0.2) is 5.96 Å². The molecular weight excluding hydrogens is 378 g/mol. The van der Waals surface area contributed by atoms with Crippen molar-refractivity contribution < 1.29 is 9.47 Å². The maximum absolute atomic E-state index is 5.47. The van der Waals surface area contributed by atoms with Crippen molar-refractivity contribution in [3.05, 3.63) is 53.2 Å². The predicted octanol–water partition coefficient (Wildman–Crippen LogP) is 2.53. The summed E-state index contributed by atoms with van der Waals surface area (Å²) in [5, 5.41) is 6.76. The first-order valence-electron chi connectivity index (χ1n) is 10.6. The Hall–Kier alpha value is -2.80. The average Bonchev–Trinajstić information content (AvgIpc) is 2.79. The summed E-state index contributed by atoms with van der Waals surface area (Å²) in [6.07, 6.45) is 2.74. The summed E-state index contributed by atoms with van der Waals surface area (Å²) in [5.74, 6) is 2.75. The molecule has 0 saturated carbocycles. The van der Waals surface area contributed by atoms with Crippen LogP contribution in [0.1, 0.15) is 23.6 Å². The summed E-state index contributed by atoms with van der Waals surface area (Å²) >= 11 is 0. The number of aliphatic imine (C=N–C) groups is 1. The first-order valence-corrected chi connectivity index (χ1v) is 10.6. The Labute approximate surface area is 179 Å². The van der Waals surface area contributed by atoms with Crippen molar-refractivity contribution >= 4 is 11.8 Å². The zero-order valence-corrected chi connectivity index (χ0v) is 18.3. The molecule has 2 aromatic rings. The molecule has 0 aliphatic carbocycles. The van der Waals surface area contributed by atoms with Crippen molar-refractivity contribution in [2.45, 2.75) is 26.8 Å². The molecular formula is C23H33N5O2. The normalized spacial score (nSPS) is 14.5. The van der Waals surface area contributed by atoms with Crippen molar-refractivity contribution in [1.82, 2.24) is 15.6 Å². The molecule has 2 heterocycles. The molecule has 0 unspecified atom stereocenters. The average molecular weight is 412 g/mol. The van der Waals surface area contributed by atoms with Crippen LogP contribution >= 0.6 is 0 Å². The Morgan fingerprint density at radius 1 is 1.23 bits per heavy atom. The number of pyridine rings is 1. The molecule has 0 atom stereocenters. The van der Waals surface area contributed by atoms with E-state index in [0.29, 0.717) is 6.54 Å². The van der Waals surface area contributed by atoms with E-state index in [1.165, 1.54) is 5.56 Å². The number of methoxy groups -OCH3 is 1. The molecule has 1 saturated heterocycles. The van der Waals surface area contributed by atoms with Gasteiger partial charge in [-0.2, -0.15) is 0 Å². The van der Waals surface area contributed by atoms with Crippen LogP contribution in [-0.2, 0) is 17.7 Å². The minimum absolute atomic E-state index is 0.578. The number of aromatic nitrogens is 1. The summed E-state index contributed by atoms with van der Waals surface area (Å²) in [6.45, 7) is 9.54. The zero-order valence-electron chi connectivity index (χ0n) is 18.3. The van der Waals surface area contributed by atoms with E-state index in [0.717, 1.165) is 74.5 Å². The van der Waals surface area contributed by atoms with Gasteiger partial charge < -0.3 is 25.0 Å². The van der Waals surface area contributed by atoms with Gasteiger partial charge in [-0.3, -0.25) is 0 Å². The van der Waals surface area contributed by atoms with Gasteiger partial charge >= 0.3 is 0 Å². The van der Waals surface area contributed by atoms with E-state index in [4.69, 9.17) is 14.5 Å². The van der Waals surface area contributed by atoms with Crippen LogP contribution in [0.25, 0.3) is 0 Å². The second kappa shape index (κ2) is 11.4. The fraction of sp³-hybridized carbons (Fsp3) is 0.478. The Morgan fingerprint density at radius 2 is 2.07 bits per heavy atom. The number of nitrogens with one attached hydrogen (secondary N) is 2. The summed E-state index contributed by atoms with van der Waals surface area (Å²) in [7, 11) is 1.71. The van der Waals surface area contributed by atoms with E-state index in [2.05, 4.69) is 58.6 Å². The fourth-order valence-corrected chi connectivity index (χ4v) is 3.46. The summed E-state index contributed by atoms with van der Waals surface area (Å²) in [6, 6.07) is 10.4. The van der Waals surface area contributed by atoms with Crippen LogP contribution in [0.5, 0.6) is 5.75 Å². The number of rotatable bonds is 8. The van der Waals surface area contributed by atoms with E-state index in [9.17, 15) is 0 Å². The van der Waals surface area contributed by atoms with Gasteiger partial charge in [-0.05, 0) is 43.5 Å². The van der Waals surface area contributed by atoms with Gasteiger partial charge in [0.2, 0.25) is 0 Å². The van der Waals surface area contributed by atoms with Crippen LogP contribution in [0.15, 0.2) is 41.5 Å². The monoisotopic (exact) mass is 411 g/mol. The molecule has 0 bridgehead atoms. The quantitative estimate of drug-likeness (QED) is 0.514. The van der Waals surface area contributed by atoms with Gasteiger partial charge in [-0.15, -0.1) is 0 Å². The number of hydrogen-bond donors (Lipinski definition) is 2. The Morgan fingerprint density at radius 3 is 2.83 bits per heavy atom. The Kier molecular flexibility index (Phi) is 8.32. The minimum Gasteiger partial charge on any atom is -0.496 e. The molecule has 0 amide bonds. The lowest BCUT2D eigenvalue weighted by Gasteiger charge is -2.29. The van der Waals surface area contributed by atoms with Crippen LogP contribution in [0, 0.1) is 6.92 Å². The number of nitrogens with zero attached hydrogens (tertiary/aromatic N) is 3. The minimum atomic E-state index is 0.578. The van der Waals surface area contributed by atoms with Gasteiger partial charge in [0.25, 0.3) is 0 Å². The molecule has 1 fully saturated rings. The lowest BCUT2D eigenvalue weighted by molar-refractivity contribution is 0.122. The van der Waals surface area contributed by atoms with Gasteiger partial charge in [0, 0.05) is 37.9 Å². The van der Waals surface area contributed by atoms with Crippen molar-refractivity contribution in [2.24, 2.45) is 4.99 Å². The van der Waals surface area contributed by atoms with Crippen LogP contribution in [-0.4, -0.2) is 57.4 Å². The number of hydrogen-bond acceptors (Lipinski definition) is 5. The maximum atomic E-state index is 5.47. The lowest BCUT2D eigenvalue weighted by atomic mass is 10.1. The zero-order chi connectivity index (χ0) is 21.2. The number of anilines is 1. The van der Waals surface area contributed by atoms with Crippen LogP contribution in [0.2, 0.25) is 0 Å². The molecule has 1 aliphatic heterocycles. The molecule has 3 rings (SSSR count). The molecule has 1 aromatic carbocycles. The number of ether oxygens (including phenoxy) is 2. The molecule has 1 aromatic heterocycles. The molecule has 0 spiro atoms. The SMILES string of the molecule is CCNC(=NCc1cccnc1N1CCOCC1)NCCc1ccc(C)c(OC)c1. The number of aryl methyl sites for hydroxylation is 1. The summed E-state index contributed by atoms with van der Waals surface area (Å²) in [5.41, 5.74) is 3.51. The standard InChI is InChI=1S/C23H33N5O2/c1-4-24-23(26-11-9-19-8-7-18(2)21(16-19)29-3)27-17-20-6-5-10-25-22(20)28-12-14-30-15-13-28/h5-8,10,16H,4,9,11-15,17H2,1-3H3,(H2,24,26,27). The molecule has 2 N–H and O–H groups in total. The molecule has 7 heteroatoms. The van der Waals surface area contributed by atoms with Gasteiger partial charge in [-0.1, -0.05) is 18.2 Å². The number of morpholine rings is 1. The van der Waals surface area contributed by atoms with Crippen LogP contribution in [0.3, 0.4) is 0 Å². The van der Waals surface area contributed by atoms with E-state index >= 15 is 0 Å². The third-order valence-electron chi connectivity index (χ3n) is 5.11. The molecule has 30 heavy (non-hydrogen) atoms. The van der Waals surface area contributed by atoms with E-state index < -0.39 is 0 Å². The third kappa shape index (κ3) is 6.10. The molecule has 0 radical (unpaired) electrons. The molecule has 162 valence electrons. The first kappa shape index (κ1) is 21.9. The van der Waals surface area contributed by atoms with Gasteiger partial charge in [-0.25, -0.2) is 9.98 Å². The maximum Gasteiger partial charge on any atom is 0.191 e. The van der Waals surface area contributed by atoms with Crippen molar-refractivity contribution in [3.63, 3.8) is 0 Å². The molecule has 7 nitrogen and oxygen atoms in total. The fourth-order valence-electron chi connectivity index (χ4n) is 3.46. The number of guanidine groups is 1. The highest BCUT2D eigenvalue weighted by Gasteiger charge is 2.15. The van der Waals surface area contributed by atoms with E-state index in [1.807, 2.05) is 12.3 Å². The molecule has 1 aliphatic rings. The summed E-state index contributed by atoms with van der Waals surface area (Å²) in [4.78, 5) is 11.7. The number of benzene rings is 1. The second-order valence-corrected chi connectivity index (χ2v) is 7.26. The first-order chi connectivity index (χ1) is 14.7. The Bertz CT molecular complexity index is 834. The third-order valence-corrected chi connectivity index (χ3v) is 5.11. The highest BCUT2D eigenvalue weighted by atomic mass is 16.5. The second-order valence-electron chi connectivity index (χ2n) is 7.26. The smallest absolute Gasteiger partial charge is 0.191 e. The van der Waals surface area contributed by atoms with E-state index in [1.54, 1.807) is 7.11 Å². The van der Waals surface area contributed by atoms with Crippen LogP contribution < -0.4 is 20.3 Å². The highest BCUT2D eigenvalue weighted by molar-refractivity contribution is 5.79. The topological polar surface area (TPSA) is 71.0 Å². The van der Waals surface area contributed by atoms with Crippen LogP contribution in [0.4, 0.5) is 5.82 Å². The van der Waals surface area contributed by atoms with Crippen molar-refractivity contribution in [1.29, 1.82) is 0 Å².